The summed E-state index contributed by atoms with van der Waals surface area (Å²) in [5.41, 5.74) is 1.63. The number of rotatable bonds is 14. The van der Waals surface area contributed by atoms with Crippen molar-refractivity contribution in [2.24, 2.45) is 16.5 Å². The van der Waals surface area contributed by atoms with Gasteiger partial charge in [-0.15, -0.1) is 0 Å². The summed E-state index contributed by atoms with van der Waals surface area (Å²) >= 11 is 0. The fourth-order valence-electron chi connectivity index (χ4n) is 6.86. The molecular formula is C37H55N5O8. The second kappa shape index (κ2) is 15.8. The van der Waals surface area contributed by atoms with Crippen molar-refractivity contribution in [1.29, 1.82) is 0 Å². The molecule has 0 unspecified atom stereocenters. The van der Waals surface area contributed by atoms with Gasteiger partial charge in [-0.2, -0.15) is 0 Å². The first-order chi connectivity index (χ1) is 23.5. The molecule has 1 aromatic rings. The van der Waals surface area contributed by atoms with Gasteiger partial charge in [-0.1, -0.05) is 52.1 Å². The molecule has 5 atom stereocenters. The third-order valence-electron chi connectivity index (χ3n) is 9.64. The lowest BCUT2D eigenvalue weighted by molar-refractivity contribution is -0.144. The van der Waals surface area contributed by atoms with Crippen molar-refractivity contribution in [3.05, 3.63) is 28.8 Å². The molecule has 276 valence electrons. The van der Waals surface area contributed by atoms with Crippen molar-refractivity contribution in [2.75, 3.05) is 20.2 Å². The maximum absolute atomic E-state index is 14.5. The molecule has 0 bridgehead atoms. The maximum Gasteiger partial charge on any atom is 0.408 e. The molecule has 4 rings (SSSR count). The van der Waals surface area contributed by atoms with E-state index in [0.717, 1.165) is 41.7 Å². The number of Topliss-reactive ketones (excluding diaryl/α,β-unsaturated/α-hetero) is 1. The molecule has 1 aliphatic carbocycles. The average molecular weight is 698 g/mol. The molecule has 1 saturated carbocycles. The van der Waals surface area contributed by atoms with Crippen LogP contribution in [0.2, 0.25) is 0 Å². The lowest BCUT2D eigenvalue weighted by Gasteiger charge is -2.35. The molecule has 2 aliphatic heterocycles. The fraction of sp³-hybridized carbons (Fsp3) is 0.676. The molecule has 13 heteroatoms. The van der Waals surface area contributed by atoms with Gasteiger partial charge >= 0.3 is 6.09 Å². The van der Waals surface area contributed by atoms with Crippen LogP contribution in [0, 0.1) is 25.2 Å². The van der Waals surface area contributed by atoms with E-state index < -0.39 is 58.7 Å². The molecule has 4 amide bonds. The van der Waals surface area contributed by atoms with E-state index in [1.165, 1.54) is 11.9 Å². The Morgan fingerprint density at radius 3 is 2.30 bits per heavy atom. The lowest BCUT2D eigenvalue weighted by Crippen LogP contribution is -2.59. The molecule has 0 radical (unpaired) electrons. The Hall–Kier alpha value is -4.16. The zero-order valence-electron chi connectivity index (χ0n) is 31.1. The Balaban J connectivity index is 1.64. The molecule has 1 saturated heterocycles. The van der Waals surface area contributed by atoms with Gasteiger partial charge in [0, 0.05) is 25.5 Å². The summed E-state index contributed by atoms with van der Waals surface area (Å²) in [4.78, 5) is 74.7. The van der Waals surface area contributed by atoms with Crippen LogP contribution in [-0.4, -0.2) is 90.2 Å². The highest BCUT2D eigenvalue weighted by Crippen LogP contribution is 2.41. The molecule has 13 nitrogen and oxygen atoms in total. The number of carbonyl (C=O) groups excluding carboxylic acids is 5. The highest BCUT2D eigenvalue weighted by Gasteiger charge is 2.56. The van der Waals surface area contributed by atoms with Crippen molar-refractivity contribution in [1.82, 2.24) is 20.9 Å². The van der Waals surface area contributed by atoms with Gasteiger partial charge in [0.05, 0.1) is 24.9 Å². The SMILES string of the molecule is CCC[C@H](C)OC(=O)N[C@H](C(=O)N1C[C@@]2(CC(c3cc(C)c(OCC)c(C)c3)=NO2)C[C@H]1C(=O)N[C@@H](CC1CC1)C(=O)C(=O)NC)C(C)(C)C. The first-order valence-corrected chi connectivity index (χ1v) is 17.9. The Morgan fingerprint density at radius 1 is 1.08 bits per heavy atom. The Bertz CT molecular complexity index is 1480. The molecule has 1 spiro atoms. The second-order valence-corrected chi connectivity index (χ2v) is 15.2. The van der Waals surface area contributed by atoms with E-state index in [9.17, 15) is 24.0 Å². The summed E-state index contributed by atoms with van der Waals surface area (Å²) in [7, 11) is 1.37. The van der Waals surface area contributed by atoms with E-state index in [1.807, 2.05) is 60.6 Å². The fourth-order valence-corrected chi connectivity index (χ4v) is 6.86. The molecule has 50 heavy (non-hydrogen) atoms. The smallest absolute Gasteiger partial charge is 0.408 e. The van der Waals surface area contributed by atoms with Gasteiger partial charge in [-0.25, -0.2) is 4.79 Å². The number of carbonyl (C=O) groups is 5. The minimum atomic E-state index is -1.07. The molecular weight excluding hydrogens is 642 g/mol. The van der Waals surface area contributed by atoms with Crippen molar-refractivity contribution in [3.63, 3.8) is 0 Å². The third kappa shape index (κ3) is 9.14. The first-order valence-electron chi connectivity index (χ1n) is 17.9. The predicted molar refractivity (Wildman–Crippen MR) is 188 cm³/mol. The van der Waals surface area contributed by atoms with Crippen molar-refractivity contribution in [2.45, 2.75) is 130 Å². The molecule has 2 heterocycles. The van der Waals surface area contributed by atoms with Gasteiger partial charge in [0.25, 0.3) is 5.91 Å². The van der Waals surface area contributed by atoms with Gasteiger partial charge in [0.1, 0.15) is 23.9 Å². The van der Waals surface area contributed by atoms with Crippen LogP contribution in [0.25, 0.3) is 0 Å². The van der Waals surface area contributed by atoms with E-state index in [-0.39, 0.29) is 25.0 Å². The number of ketones is 1. The summed E-state index contributed by atoms with van der Waals surface area (Å²) in [6.45, 7) is 15.7. The zero-order valence-corrected chi connectivity index (χ0v) is 31.1. The van der Waals surface area contributed by atoms with Gasteiger partial charge in [-0.05, 0) is 75.1 Å². The van der Waals surface area contributed by atoms with Crippen molar-refractivity contribution >= 4 is 35.3 Å². The monoisotopic (exact) mass is 697 g/mol. The standard InChI is InChI=1S/C37H55N5O8/c1-10-12-23(5)49-35(47)40-31(36(6,7)8)34(46)42-20-37(18-27(41-50-37)25-15-21(3)30(48-11-2)22(4)16-25)19-28(42)32(44)39-26(17-24-13-14-24)29(43)33(45)38-9/h15-16,23-24,26,28,31H,10-14,17-20H2,1-9H3,(H,38,45)(H,39,44)(H,40,47)/t23-,26-,28-,31+,37+/m0/s1. The summed E-state index contributed by atoms with van der Waals surface area (Å²) in [6.07, 6.45) is 2.99. The van der Waals surface area contributed by atoms with E-state index in [1.54, 1.807) is 6.92 Å². The van der Waals surface area contributed by atoms with E-state index >= 15 is 0 Å². The maximum atomic E-state index is 14.5. The highest BCUT2D eigenvalue weighted by molar-refractivity contribution is 6.38. The third-order valence-corrected chi connectivity index (χ3v) is 9.64. The van der Waals surface area contributed by atoms with Crippen LogP contribution < -0.4 is 20.7 Å². The minimum Gasteiger partial charge on any atom is -0.493 e. The number of hydrogen-bond acceptors (Lipinski definition) is 9. The summed E-state index contributed by atoms with van der Waals surface area (Å²) in [5.74, 6) is -1.55. The summed E-state index contributed by atoms with van der Waals surface area (Å²) < 4.78 is 11.4. The quantitative estimate of drug-likeness (QED) is 0.245. The van der Waals surface area contributed by atoms with E-state index in [4.69, 9.17) is 14.3 Å². The van der Waals surface area contributed by atoms with Crippen molar-refractivity contribution in [3.8, 4) is 5.75 Å². The van der Waals surface area contributed by atoms with Gasteiger partial charge in [0.15, 0.2) is 5.60 Å². The Labute approximate surface area is 295 Å². The van der Waals surface area contributed by atoms with Crippen LogP contribution in [0.4, 0.5) is 4.79 Å². The van der Waals surface area contributed by atoms with Crippen LogP contribution in [0.5, 0.6) is 5.75 Å². The molecule has 0 aromatic heterocycles. The van der Waals surface area contributed by atoms with E-state index in [0.29, 0.717) is 31.6 Å². The second-order valence-electron chi connectivity index (χ2n) is 15.2. The van der Waals surface area contributed by atoms with Gasteiger partial charge < -0.3 is 35.2 Å². The number of aryl methyl sites for hydroxylation is 2. The average Bonchev–Trinajstić information content (AvgIpc) is 3.65. The minimum absolute atomic E-state index is 0.0120. The molecule has 3 aliphatic rings. The number of benzene rings is 1. The van der Waals surface area contributed by atoms with Gasteiger partial charge in [-0.3, -0.25) is 19.2 Å². The lowest BCUT2D eigenvalue weighted by atomic mass is 9.85. The molecule has 1 aromatic carbocycles. The molecule has 2 fully saturated rings. The number of hydrogen-bond donors (Lipinski definition) is 3. The normalized spacial score (nSPS) is 21.8. The van der Waals surface area contributed by atoms with Gasteiger partial charge in [0.2, 0.25) is 17.6 Å². The first kappa shape index (κ1) is 38.6. The summed E-state index contributed by atoms with van der Waals surface area (Å²) in [6, 6.07) is 0.808. The zero-order chi connectivity index (χ0) is 37.0. The largest absolute Gasteiger partial charge is 0.493 e. The van der Waals surface area contributed by atoms with Crippen molar-refractivity contribution < 1.29 is 38.3 Å². The number of amides is 4. The number of nitrogens with zero attached hydrogens (tertiary/aromatic N) is 2. The topological polar surface area (TPSA) is 165 Å². The molecule has 3 N–H and O–H groups in total. The number of nitrogens with one attached hydrogen (secondary N) is 3. The van der Waals surface area contributed by atoms with Crippen LogP contribution in [0.1, 0.15) is 103 Å². The Morgan fingerprint density at radius 2 is 1.74 bits per heavy atom. The number of ether oxygens (including phenoxy) is 2. The highest BCUT2D eigenvalue weighted by atomic mass is 16.7. The van der Waals surface area contributed by atoms with Crippen LogP contribution in [0.3, 0.4) is 0 Å². The summed E-state index contributed by atoms with van der Waals surface area (Å²) in [5, 5.41) is 12.4. The Kier molecular flexibility index (Phi) is 12.2. The number of likely N-dealkylation sites (tertiary alicyclic amines) is 1. The van der Waals surface area contributed by atoms with Crippen LogP contribution in [-0.2, 0) is 28.8 Å². The van der Waals surface area contributed by atoms with Crippen LogP contribution in [0.15, 0.2) is 17.3 Å². The van der Waals surface area contributed by atoms with E-state index in [2.05, 4.69) is 21.1 Å². The number of likely N-dealkylation sites (N-methyl/N-ethyl adjacent to an activating group) is 1. The number of oxime groups is 1. The number of alkyl carbamates (subject to hydrolysis) is 1. The van der Waals surface area contributed by atoms with Crippen LogP contribution >= 0.6 is 0 Å². The predicted octanol–water partition coefficient (Wildman–Crippen LogP) is 4.10.